The molecule has 1 amide bonds. The van der Waals surface area contributed by atoms with Crippen LogP contribution in [0.15, 0.2) is 5.16 Å². The van der Waals surface area contributed by atoms with Crippen LogP contribution in [0.3, 0.4) is 0 Å². The second-order valence-electron chi connectivity index (χ2n) is 9.22. The van der Waals surface area contributed by atoms with Gasteiger partial charge in [0, 0.05) is 19.5 Å². The number of likely N-dealkylation sites (tertiary alicyclic amines) is 1. The van der Waals surface area contributed by atoms with Crippen molar-refractivity contribution in [3.05, 3.63) is 0 Å². The van der Waals surface area contributed by atoms with Gasteiger partial charge in [-0.1, -0.05) is 19.0 Å². The molecule has 6 atom stereocenters. The number of rotatable bonds is 0. The third-order valence-corrected chi connectivity index (χ3v) is 8.28. The van der Waals surface area contributed by atoms with E-state index in [2.05, 4.69) is 23.9 Å². The van der Waals surface area contributed by atoms with E-state index in [0.29, 0.717) is 23.3 Å². The Labute approximate surface area is 139 Å². The van der Waals surface area contributed by atoms with Crippen LogP contribution in [0.5, 0.6) is 0 Å². The van der Waals surface area contributed by atoms with E-state index in [9.17, 15) is 10.0 Å². The lowest BCUT2D eigenvalue weighted by Gasteiger charge is -2.61. The summed E-state index contributed by atoms with van der Waals surface area (Å²) in [5.74, 6) is 2.48. The monoisotopic (exact) mass is 318 g/mol. The van der Waals surface area contributed by atoms with Gasteiger partial charge in [-0.25, -0.2) is 0 Å². The Morgan fingerprint density at radius 3 is 2.70 bits per heavy atom. The topological polar surface area (TPSA) is 52.9 Å². The van der Waals surface area contributed by atoms with Gasteiger partial charge in [0.25, 0.3) is 0 Å². The van der Waals surface area contributed by atoms with Crippen molar-refractivity contribution in [3.8, 4) is 0 Å². The molecule has 3 aliphatic carbocycles. The molecule has 0 aromatic carbocycles. The fourth-order valence-electron chi connectivity index (χ4n) is 7.03. The fourth-order valence-corrected chi connectivity index (χ4v) is 7.03. The van der Waals surface area contributed by atoms with Gasteiger partial charge in [-0.2, -0.15) is 0 Å². The SMILES string of the molecule is CN1C(=O)CC[C@]2(C)C3CC[C@]4(C)C/C(=N\O)CC4C3CCC12. The van der Waals surface area contributed by atoms with E-state index in [1.54, 1.807) is 0 Å². The van der Waals surface area contributed by atoms with Crippen molar-refractivity contribution in [3.63, 3.8) is 0 Å². The molecule has 1 saturated heterocycles. The Kier molecular flexibility index (Phi) is 3.34. The Morgan fingerprint density at radius 1 is 1.17 bits per heavy atom. The molecule has 23 heavy (non-hydrogen) atoms. The molecule has 4 aliphatic rings. The molecule has 4 rings (SSSR count). The van der Waals surface area contributed by atoms with E-state index >= 15 is 0 Å². The van der Waals surface area contributed by atoms with Crippen LogP contribution < -0.4 is 0 Å². The molecule has 0 bridgehead atoms. The number of fused-ring (bicyclic) bond motifs is 5. The minimum Gasteiger partial charge on any atom is -0.411 e. The highest BCUT2D eigenvalue weighted by Gasteiger charge is 2.59. The van der Waals surface area contributed by atoms with Crippen LogP contribution in [0, 0.1) is 28.6 Å². The average molecular weight is 318 g/mol. The van der Waals surface area contributed by atoms with E-state index in [1.807, 2.05) is 7.05 Å². The predicted molar refractivity (Wildman–Crippen MR) is 89.4 cm³/mol. The Morgan fingerprint density at radius 2 is 1.96 bits per heavy atom. The van der Waals surface area contributed by atoms with Crippen LogP contribution in [0.4, 0.5) is 0 Å². The van der Waals surface area contributed by atoms with E-state index in [4.69, 9.17) is 0 Å². The summed E-state index contributed by atoms with van der Waals surface area (Å²) in [7, 11) is 2.02. The maximum Gasteiger partial charge on any atom is 0.222 e. The third-order valence-electron chi connectivity index (χ3n) is 8.28. The third kappa shape index (κ3) is 2.02. The molecule has 0 spiro atoms. The molecule has 0 radical (unpaired) electrons. The molecule has 128 valence electrons. The van der Waals surface area contributed by atoms with Crippen LogP contribution in [0.1, 0.15) is 65.2 Å². The molecule has 0 aromatic heterocycles. The molecule has 4 fully saturated rings. The predicted octanol–water partition coefficient (Wildman–Crippen LogP) is 3.68. The number of piperidine rings is 1. The summed E-state index contributed by atoms with van der Waals surface area (Å²) in [5.41, 5.74) is 1.63. The first-order chi connectivity index (χ1) is 10.9. The molecular weight excluding hydrogens is 288 g/mol. The number of carbonyl (C=O) groups excluding carboxylic acids is 1. The number of carbonyl (C=O) groups is 1. The number of amides is 1. The Bertz CT molecular complexity index is 560. The van der Waals surface area contributed by atoms with E-state index in [0.717, 1.165) is 49.7 Å². The molecule has 3 saturated carbocycles. The number of hydrogen-bond acceptors (Lipinski definition) is 3. The highest BCUT2D eigenvalue weighted by atomic mass is 16.4. The van der Waals surface area contributed by atoms with Crippen molar-refractivity contribution in [2.45, 2.75) is 71.3 Å². The first kappa shape index (κ1) is 15.5. The number of oxime groups is 1. The summed E-state index contributed by atoms with van der Waals surface area (Å²) < 4.78 is 0. The highest BCUT2D eigenvalue weighted by Crippen LogP contribution is 2.64. The van der Waals surface area contributed by atoms with Gasteiger partial charge in [-0.15, -0.1) is 0 Å². The summed E-state index contributed by atoms with van der Waals surface area (Å²) in [6.45, 7) is 4.87. The van der Waals surface area contributed by atoms with Crippen molar-refractivity contribution in [2.75, 3.05) is 7.05 Å². The fraction of sp³-hybridized carbons (Fsp3) is 0.895. The molecule has 4 unspecified atom stereocenters. The first-order valence-corrected chi connectivity index (χ1v) is 9.34. The normalized spacial score (nSPS) is 51.3. The van der Waals surface area contributed by atoms with Gasteiger partial charge in [0.1, 0.15) is 0 Å². The van der Waals surface area contributed by atoms with Crippen molar-refractivity contribution < 1.29 is 10.0 Å². The second-order valence-corrected chi connectivity index (χ2v) is 9.22. The van der Waals surface area contributed by atoms with Gasteiger partial charge in [-0.3, -0.25) is 4.79 Å². The van der Waals surface area contributed by atoms with Crippen molar-refractivity contribution >= 4 is 11.6 Å². The lowest BCUT2D eigenvalue weighted by molar-refractivity contribution is -0.156. The van der Waals surface area contributed by atoms with Crippen molar-refractivity contribution in [1.29, 1.82) is 0 Å². The summed E-state index contributed by atoms with van der Waals surface area (Å²) >= 11 is 0. The van der Waals surface area contributed by atoms with Crippen molar-refractivity contribution in [2.24, 2.45) is 33.7 Å². The highest BCUT2D eigenvalue weighted by molar-refractivity contribution is 5.87. The summed E-state index contributed by atoms with van der Waals surface area (Å²) in [6, 6.07) is 0.432. The van der Waals surface area contributed by atoms with Crippen LogP contribution in [-0.2, 0) is 4.79 Å². The zero-order chi connectivity index (χ0) is 16.4. The average Bonchev–Trinajstić information content (AvgIpc) is 2.88. The molecule has 1 N–H and O–H groups in total. The number of hydrogen-bond donors (Lipinski definition) is 1. The molecule has 4 heteroatoms. The van der Waals surface area contributed by atoms with E-state index in [1.165, 1.54) is 19.3 Å². The van der Waals surface area contributed by atoms with E-state index in [-0.39, 0.29) is 5.41 Å². The summed E-state index contributed by atoms with van der Waals surface area (Å²) in [4.78, 5) is 14.2. The minimum atomic E-state index is 0.284. The van der Waals surface area contributed by atoms with Gasteiger partial charge in [0.15, 0.2) is 0 Å². The van der Waals surface area contributed by atoms with Crippen LogP contribution in [0.2, 0.25) is 0 Å². The number of nitrogens with zero attached hydrogens (tertiary/aromatic N) is 2. The maximum atomic E-state index is 12.1. The molecular formula is C19H30N2O2. The van der Waals surface area contributed by atoms with Gasteiger partial charge in [0.05, 0.1) is 5.71 Å². The minimum absolute atomic E-state index is 0.284. The molecule has 1 aliphatic heterocycles. The second kappa shape index (κ2) is 4.97. The smallest absolute Gasteiger partial charge is 0.222 e. The van der Waals surface area contributed by atoms with Crippen molar-refractivity contribution in [1.82, 2.24) is 4.90 Å². The standard InChI is InChI=1S/C19H30N2O2/c1-18-8-6-14-13(15(18)10-12(11-18)20-23)4-5-16-19(14,2)9-7-17(22)21(16)3/h13-16,23H,4-11H2,1-3H3/b20-12-/t13?,14?,15?,16?,18-,19-/m1/s1. The maximum absolute atomic E-state index is 12.1. The Hall–Kier alpha value is -1.06. The quantitative estimate of drug-likeness (QED) is 0.547. The summed E-state index contributed by atoms with van der Waals surface area (Å²) in [5, 5.41) is 12.8. The lowest BCUT2D eigenvalue weighted by atomic mass is 9.47. The van der Waals surface area contributed by atoms with Crippen LogP contribution >= 0.6 is 0 Å². The van der Waals surface area contributed by atoms with Crippen LogP contribution in [-0.4, -0.2) is 34.8 Å². The Balaban J connectivity index is 1.65. The zero-order valence-corrected chi connectivity index (χ0v) is 14.7. The van der Waals surface area contributed by atoms with E-state index < -0.39 is 0 Å². The largest absolute Gasteiger partial charge is 0.411 e. The van der Waals surface area contributed by atoms with Gasteiger partial charge in [0.2, 0.25) is 5.91 Å². The molecule has 0 aromatic rings. The molecule has 4 nitrogen and oxygen atoms in total. The summed E-state index contributed by atoms with van der Waals surface area (Å²) in [6.07, 6.45) is 8.67. The van der Waals surface area contributed by atoms with Gasteiger partial charge < -0.3 is 10.1 Å². The van der Waals surface area contributed by atoms with Gasteiger partial charge in [-0.05, 0) is 73.5 Å². The first-order valence-electron chi connectivity index (χ1n) is 9.34. The zero-order valence-electron chi connectivity index (χ0n) is 14.7. The van der Waals surface area contributed by atoms with Crippen LogP contribution in [0.25, 0.3) is 0 Å². The molecule has 1 heterocycles. The van der Waals surface area contributed by atoms with Gasteiger partial charge >= 0.3 is 0 Å². The lowest BCUT2D eigenvalue weighted by Crippen LogP contribution is -2.61.